The fourth-order valence-corrected chi connectivity index (χ4v) is 5.05. The molecule has 1 fully saturated rings. The van der Waals surface area contributed by atoms with Gasteiger partial charge in [0, 0.05) is 18.7 Å². The minimum absolute atomic E-state index is 0.0493. The first-order chi connectivity index (χ1) is 15.5. The van der Waals surface area contributed by atoms with Crippen LogP contribution in [0, 0.1) is 0 Å². The third-order valence-corrected chi connectivity index (χ3v) is 6.45. The molecular weight excluding hydrogens is 474 g/mol. The van der Waals surface area contributed by atoms with Crippen molar-refractivity contribution in [1.82, 2.24) is 19.4 Å². The number of para-hydroxylation sites is 1. The number of ether oxygens (including phenoxy) is 1. The van der Waals surface area contributed by atoms with Crippen LogP contribution in [0.15, 0.2) is 65.5 Å². The number of benzene rings is 2. The highest BCUT2D eigenvalue weighted by Crippen LogP contribution is 2.43. The van der Waals surface area contributed by atoms with Gasteiger partial charge in [-0.3, -0.25) is 0 Å². The lowest BCUT2D eigenvalue weighted by Crippen LogP contribution is -2.27. The third kappa shape index (κ3) is 3.54. The van der Waals surface area contributed by atoms with Crippen LogP contribution in [0.4, 0.5) is 10.6 Å². The average molecular weight is 494 g/mol. The first kappa shape index (κ1) is 20.3. The van der Waals surface area contributed by atoms with Crippen LogP contribution in [0.3, 0.4) is 0 Å². The maximum absolute atomic E-state index is 11.4. The lowest BCUT2D eigenvalue weighted by atomic mass is 10.1. The van der Waals surface area contributed by atoms with E-state index >= 15 is 0 Å². The molecule has 8 nitrogen and oxygen atoms in total. The highest BCUT2D eigenvalue weighted by molar-refractivity contribution is 9.10. The van der Waals surface area contributed by atoms with Crippen molar-refractivity contribution in [3.63, 3.8) is 0 Å². The number of anilines is 1. The minimum Gasteiger partial charge on any atom is -0.465 e. The lowest BCUT2D eigenvalue weighted by Gasteiger charge is -2.16. The van der Waals surface area contributed by atoms with Gasteiger partial charge in [-0.2, -0.15) is 0 Å². The van der Waals surface area contributed by atoms with E-state index in [1.807, 2.05) is 59.2 Å². The Bertz CT molecular complexity index is 1290. The van der Waals surface area contributed by atoms with Crippen molar-refractivity contribution < 1.29 is 14.6 Å². The molecule has 9 heteroatoms. The Kier molecular flexibility index (Phi) is 5.18. The van der Waals surface area contributed by atoms with Gasteiger partial charge in [0.1, 0.15) is 29.3 Å². The molecule has 162 valence electrons. The number of fused-ring (bicyclic) bond motifs is 1. The van der Waals surface area contributed by atoms with E-state index in [1.165, 1.54) is 11.2 Å². The van der Waals surface area contributed by atoms with Gasteiger partial charge < -0.3 is 25.0 Å². The number of nitrogen functional groups attached to an aromatic ring is 1. The number of nitrogens with zero attached hydrogens (tertiary/aromatic N) is 4. The summed E-state index contributed by atoms with van der Waals surface area (Å²) in [6.45, 7) is 0.873. The van der Waals surface area contributed by atoms with E-state index < -0.39 is 6.09 Å². The number of hydrogen-bond acceptors (Lipinski definition) is 5. The summed E-state index contributed by atoms with van der Waals surface area (Å²) in [5.74, 6) is 1.86. The van der Waals surface area contributed by atoms with Gasteiger partial charge in [-0.05, 0) is 52.2 Å². The van der Waals surface area contributed by atoms with Crippen LogP contribution in [0.2, 0.25) is 0 Å². The molecule has 1 amide bonds. The topological polar surface area (TPSA) is 107 Å². The molecule has 2 aromatic heterocycles. The maximum atomic E-state index is 11.4. The fraction of sp³-hybridized carbons (Fsp3) is 0.174. The summed E-state index contributed by atoms with van der Waals surface area (Å²) in [6, 6.07) is 17.3. The summed E-state index contributed by atoms with van der Waals surface area (Å²) in [5, 5.41) is 10.1. The van der Waals surface area contributed by atoms with Crippen molar-refractivity contribution in [1.29, 1.82) is 0 Å². The molecule has 1 aliphatic heterocycles. The van der Waals surface area contributed by atoms with Crippen LogP contribution in [0.5, 0.6) is 11.5 Å². The second kappa shape index (κ2) is 8.16. The quantitative estimate of drug-likeness (QED) is 0.406. The summed E-state index contributed by atoms with van der Waals surface area (Å²) in [6.07, 6.45) is 1.22. The van der Waals surface area contributed by atoms with E-state index in [1.54, 1.807) is 0 Å². The molecule has 1 unspecified atom stereocenters. The van der Waals surface area contributed by atoms with E-state index in [0.717, 1.165) is 32.6 Å². The number of carboxylic acid groups (broad SMARTS) is 1. The van der Waals surface area contributed by atoms with E-state index in [0.29, 0.717) is 31.0 Å². The van der Waals surface area contributed by atoms with Crippen molar-refractivity contribution in [2.45, 2.75) is 12.5 Å². The average Bonchev–Trinajstić information content (AvgIpc) is 3.38. The summed E-state index contributed by atoms with van der Waals surface area (Å²) >= 11 is 3.75. The molecule has 0 bridgehead atoms. The highest BCUT2D eigenvalue weighted by atomic mass is 79.9. The SMILES string of the molecule is Nc1ncnc2c1c(-c1ccc(Oc3ccccc3)cc1)c(Br)n2C1CCN(C(=O)O)C1. The first-order valence-electron chi connectivity index (χ1n) is 10.1. The Morgan fingerprint density at radius 2 is 1.81 bits per heavy atom. The smallest absolute Gasteiger partial charge is 0.407 e. The molecule has 3 heterocycles. The molecular formula is C23H20BrN5O3. The zero-order chi connectivity index (χ0) is 22.2. The van der Waals surface area contributed by atoms with Crippen LogP contribution < -0.4 is 10.5 Å². The van der Waals surface area contributed by atoms with Gasteiger partial charge in [-0.15, -0.1) is 0 Å². The van der Waals surface area contributed by atoms with Gasteiger partial charge in [0.05, 0.1) is 16.0 Å². The number of rotatable bonds is 4. The zero-order valence-electron chi connectivity index (χ0n) is 17.0. The zero-order valence-corrected chi connectivity index (χ0v) is 18.6. The van der Waals surface area contributed by atoms with Crippen LogP contribution >= 0.6 is 15.9 Å². The molecule has 2 aromatic carbocycles. The van der Waals surface area contributed by atoms with Crippen molar-refractivity contribution in [2.24, 2.45) is 0 Å². The van der Waals surface area contributed by atoms with Crippen LogP contribution in [-0.4, -0.2) is 43.7 Å². The standard InChI is InChI=1S/C23H20BrN5O3/c24-20-18(14-6-8-17(9-7-14)32-16-4-2-1-3-5-16)19-21(25)26-13-27-22(19)29(20)15-10-11-28(12-15)23(30)31/h1-9,13,15H,10-12H2,(H,30,31)(H2,25,26,27). The number of hydrogen-bond donors (Lipinski definition) is 2. The van der Waals surface area contributed by atoms with E-state index in [9.17, 15) is 9.90 Å². The Balaban J connectivity index is 1.56. The molecule has 0 aliphatic carbocycles. The fourth-order valence-electron chi connectivity index (χ4n) is 4.17. The highest BCUT2D eigenvalue weighted by Gasteiger charge is 2.32. The van der Waals surface area contributed by atoms with Crippen LogP contribution in [0.1, 0.15) is 12.5 Å². The Morgan fingerprint density at radius 1 is 1.09 bits per heavy atom. The minimum atomic E-state index is -0.913. The number of carbonyl (C=O) groups is 1. The van der Waals surface area contributed by atoms with Gasteiger partial charge in [0.15, 0.2) is 0 Å². The molecule has 1 aliphatic rings. The normalized spacial score (nSPS) is 15.9. The molecule has 4 aromatic rings. The molecule has 0 spiro atoms. The van der Waals surface area contributed by atoms with E-state index in [-0.39, 0.29) is 6.04 Å². The summed E-state index contributed by atoms with van der Waals surface area (Å²) in [7, 11) is 0. The van der Waals surface area contributed by atoms with Gasteiger partial charge in [0.25, 0.3) is 0 Å². The van der Waals surface area contributed by atoms with Crippen molar-refractivity contribution >= 4 is 38.9 Å². The number of aromatic nitrogens is 3. The van der Waals surface area contributed by atoms with Crippen LogP contribution in [0.25, 0.3) is 22.2 Å². The summed E-state index contributed by atoms with van der Waals surface area (Å²) in [5.41, 5.74) is 8.75. The van der Waals surface area contributed by atoms with Gasteiger partial charge in [-0.25, -0.2) is 14.8 Å². The Labute approximate surface area is 192 Å². The second-order valence-corrected chi connectivity index (χ2v) is 8.36. The lowest BCUT2D eigenvalue weighted by molar-refractivity contribution is 0.154. The molecule has 3 N–H and O–H groups in total. The Morgan fingerprint density at radius 3 is 2.50 bits per heavy atom. The third-order valence-electron chi connectivity index (χ3n) is 5.67. The number of likely N-dealkylation sites (tertiary alicyclic amines) is 1. The van der Waals surface area contributed by atoms with E-state index in [4.69, 9.17) is 10.5 Å². The summed E-state index contributed by atoms with van der Waals surface area (Å²) < 4.78 is 8.73. The first-order valence-corrected chi connectivity index (χ1v) is 10.9. The second-order valence-electron chi connectivity index (χ2n) is 7.60. The monoisotopic (exact) mass is 493 g/mol. The van der Waals surface area contributed by atoms with Gasteiger partial charge >= 0.3 is 6.09 Å². The molecule has 0 radical (unpaired) electrons. The van der Waals surface area contributed by atoms with Crippen molar-refractivity contribution in [2.75, 3.05) is 18.8 Å². The predicted octanol–water partition coefficient (Wildman–Crippen LogP) is 5.16. The molecule has 1 atom stereocenters. The van der Waals surface area contributed by atoms with Crippen molar-refractivity contribution in [3.05, 3.63) is 65.5 Å². The molecule has 5 rings (SSSR count). The number of halogens is 1. The van der Waals surface area contributed by atoms with Gasteiger partial charge in [-0.1, -0.05) is 30.3 Å². The maximum Gasteiger partial charge on any atom is 0.407 e. The molecule has 0 saturated carbocycles. The number of amides is 1. The van der Waals surface area contributed by atoms with E-state index in [2.05, 4.69) is 25.9 Å². The molecule has 32 heavy (non-hydrogen) atoms. The predicted molar refractivity (Wildman–Crippen MR) is 125 cm³/mol. The van der Waals surface area contributed by atoms with Gasteiger partial charge in [0.2, 0.25) is 0 Å². The summed E-state index contributed by atoms with van der Waals surface area (Å²) in [4.78, 5) is 21.5. The van der Waals surface area contributed by atoms with Crippen LogP contribution in [-0.2, 0) is 0 Å². The number of nitrogens with two attached hydrogens (primary N) is 1. The Hall–Kier alpha value is -3.59. The largest absolute Gasteiger partial charge is 0.465 e. The molecule has 1 saturated heterocycles. The van der Waals surface area contributed by atoms with Crippen molar-refractivity contribution in [3.8, 4) is 22.6 Å².